The Morgan fingerprint density at radius 2 is 1.95 bits per heavy atom. The number of hydrogen-bond acceptors (Lipinski definition) is 7. The fraction of sp³-hybridized carbons (Fsp3) is 0.357. The summed E-state index contributed by atoms with van der Waals surface area (Å²) in [5.74, 6) is -2.00. The van der Waals surface area contributed by atoms with Crippen molar-refractivity contribution in [3.8, 4) is 11.3 Å². The van der Waals surface area contributed by atoms with Gasteiger partial charge in [-0.25, -0.2) is 13.8 Å². The molecule has 9 nitrogen and oxygen atoms in total. The summed E-state index contributed by atoms with van der Waals surface area (Å²) in [6, 6.07) is 6.67. The lowest BCUT2D eigenvalue weighted by Gasteiger charge is -2.36. The molecule has 3 heterocycles. The van der Waals surface area contributed by atoms with Crippen LogP contribution in [0, 0.1) is 17.6 Å². The first-order valence-corrected chi connectivity index (χ1v) is 12.9. The van der Waals surface area contributed by atoms with Gasteiger partial charge in [-0.3, -0.25) is 9.78 Å². The third kappa shape index (κ3) is 5.19. The first-order chi connectivity index (χ1) is 18.6. The van der Waals surface area contributed by atoms with Crippen LogP contribution in [0.1, 0.15) is 55.5 Å². The van der Waals surface area contributed by atoms with E-state index >= 15 is 4.39 Å². The molecule has 4 aromatic rings. The van der Waals surface area contributed by atoms with Crippen molar-refractivity contribution in [1.29, 1.82) is 0 Å². The number of nitrogens with one attached hydrogen (secondary N) is 2. The Hall–Kier alpha value is -3.96. The number of nitrogens with two attached hydrogens (primary N) is 1. The van der Waals surface area contributed by atoms with Gasteiger partial charge in [0.1, 0.15) is 11.6 Å². The van der Waals surface area contributed by atoms with Crippen LogP contribution in [0.5, 0.6) is 0 Å². The molecule has 0 spiro atoms. The molecule has 0 saturated heterocycles. The number of hydrogen-bond donors (Lipinski definition) is 4. The number of anilines is 2. The van der Waals surface area contributed by atoms with Crippen molar-refractivity contribution >= 4 is 23.1 Å². The highest BCUT2D eigenvalue weighted by Crippen LogP contribution is 2.39. The van der Waals surface area contributed by atoms with E-state index < -0.39 is 29.2 Å². The Kier molecular flexibility index (Phi) is 7.28. The molecule has 1 aromatic carbocycles. The van der Waals surface area contributed by atoms with E-state index in [1.54, 1.807) is 38.5 Å². The van der Waals surface area contributed by atoms with Crippen molar-refractivity contribution in [3.63, 3.8) is 0 Å². The second-order valence-corrected chi connectivity index (χ2v) is 10.4. The van der Waals surface area contributed by atoms with Crippen LogP contribution in [0.3, 0.4) is 0 Å². The van der Waals surface area contributed by atoms with Gasteiger partial charge in [-0.2, -0.15) is 9.61 Å². The summed E-state index contributed by atoms with van der Waals surface area (Å²) in [4.78, 5) is 21.1. The third-order valence-corrected chi connectivity index (χ3v) is 7.17. The topological polar surface area (TPSA) is 130 Å². The molecule has 0 aliphatic heterocycles. The van der Waals surface area contributed by atoms with Gasteiger partial charge in [0.25, 0.3) is 5.91 Å². The molecule has 3 aromatic heterocycles. The normalized spacial score (nSPS) is 21.3. The molecule has 1 fully saturated rings. The molecule has 5 rings (SSSR count). The van der Waals surface area contributed by atoms with Crippen molar-refractivity contribution < 1.29 is 18.7 Å². The van der Waals surface area contributed by atoms with Crippen LogP contribution in [0.15, 0.2) is 48.9 Å². The summed E-state index contributed by atoms with van der Waals surface area (Å²) in [5, 5.41) is 20.7. The standard InChI is InChI=1S/C28H31F2N7O2/c1-14(2)34-27(39)19-5-6-20(29)24(25(19)30)22-7-4-17-12-33-28(37(17)36-22)35-23-13-32-9-8-18(23)16-10-15(3)26(38)21(31)11-16/h4-9,12-16,21,26,38H,10-11,31H2,1-3H3,(H,33,35)(H,34,39)/t15-,16+,21+,26-/m0/s1. The number of imidazole rings is 1. The summed E-state index contributed by atoms with van der Waals surface area (Å²) in [5.41, 5.74) is 7.81. The number of aromatic nitrogens is 4. The Morgan fingerprint density at radius 3 is 2.69 bits per heavy atom. The minimum absolute atomic E-state index is 0.00484. The number of nitrogens with zero attached hydrogens (tertiary/aromatic N) is 4. The summed E-state index contributed by atoms with van der Waals surface area (Å²) < 4.78 is 31.8. The summed E-state index contributed by atoms with van der Waals surface area (Å²) in [7, 11) is 0. The largest absolute Gasteiger partial charge is 0.391 e. The molecule has 0 bridgehead atoms. The predicted molar refractivity (Wildman–Crippen MR) is 144 cm³/mol. The van der Waals surface area contributed by atoms with Crippen LogP contribution >= 0.6 is 0 Å². The number of aliphatic hydroxyl groups is 1. The van der Waals surface area contributed by atoms with Crippen molar-refractivity contribution in [2.24, 2.45) is 11.7 Å². The lowest BCUT2D eigenvalue weighted by molar-refractivity contribution is 0.0521. The molecule has 0 radical (unpaired) electrons. The van der Waals surface area contributed by atoms with E-state index in [2.05, 4.69) is 25.7 Å². The molecule has 1 aliphatic rings. The van der Waals surface area contributed by atoms with Crippen LogP contribution in [-0.2, 0) is 0 Å². The Labute approximate surface area is 224 Å². The average molecular weight is 536 g/mol. The average Bonchev–Trinajstić information content (AvgIpc) is 3.29. The minimum Gasteiger partial charge on any atom is -0.391 e. The van der Waals surface area contributed by atoms with Crippen LogP contribution in [-0.4, -0.2) is 48.8 Å². The van der Waals surface area contributed by atoms with Gasteiger partial charge < -0.3 is 21.5 Å². The second-order valence-electron chi connectivity index (χ2n) is 10.4. The van der Waals surface area contributed by atoms with Crippen LogP contribution in [0.2, 0.25) is 0 Å². The van der Waals surface area contributed by atoms with Gasteiger partial charge in [-0.15, -0.1) is 0 Å². The zero-order chi connectivity index (χ0) is 27.8. The van der Waals surface area contributed by atoms with Gasteiger partial charge in [0.2, 0.25) is 5.95 Å². The maximum absolute atomic E-state index is 15.4. The lowest BCUT2D eigenvalue weighted by atomic mass is 9.74. The van der Waals surface area contributed by atoms with E-state index in [0.717, 1.165) is 24.1 Å². The quantitative estimate of drug-likeness (QED) is 0.292. The number of pyridine rings is 1. The molecule has 1 saturated carbocycles. The SMILES string of the molecule is CC(C)NC(=O)c1ccc(F)c(-c2ccc3cnc(Nc4cnccc4[C@H]4C[C@@H](N)[C@@H](O)[C@@H](C)C4)n3n2)c1F. The second kappa shape index (κ2) is 10.7. The number of carbonyl (C=O) groups excluding carboxylic acids is 1. The number of halogens is 2. The highest BCUT2D eigenvalue weighted by Gasteiger charge is 2.34. The molecule has 1 aliphatic carbocycles. The third-order valence-electron chi connectivity index (χ3n) is 7.17. The van der Waals surface area contributed by atoms with E-state index in [1.807, 2.05) is 13.0 Å². The first kappa shape index (κ1) is 26.6. The Bertz CT molecular complexity index is 1510. The fourth-order valence-electron chi connectivity index (χ4n) is 5.22. The highest BCUT2D eigenvalue weighted by molar-refractivity contribution is 5.96. The van der Waals surface area contributed by atoms with Gasteiger partial charge >= 0.3 is 0 Å². The summed E-state index contributed by atoms with van der Waals surface area (Å²) >= 11 is 0. The Morgan fingerprint density at radius 1 is 1.15 bits per heavy atom. The molecule has 204 valence electrons. The predicted octanol–water partition coefficient (Wildman–Crippen LogP) is 4.15. The van der Waals surface area contributed by atoms with Crippen molar-refractivity contribution in [3.05, 3.63) is 71.7 Å². The fourth-order valence-corrected chi connectivity index (χ4v) is 5.22. The summed E-state index contributed by atoms with van der Waals surface area (Å²) in [6.45, 7) is 5.49. The van der Waals surface area contributed by atoms with Gasteiger partial charge in [0, 0.05) is 18.3 Å². The van der Waals surface area contributed by atoms with Gasteiger partial charge in [-0.1, -0.05) is 6.92 Å². The molecular weight excluding hydrogens is 504 g/mol. The smallest absolute Gasteiger partial charge is 0.254 e. The van der Waals surface area contributed by atoms with Gasteiger partial charge in [0.05, 0.1) is 46.5 Å². The van der Waals surface area contributed by atoms with Gasteiger partial charge in [-0.05, 0) is 74.4 Å². The van der Waals surface area contributed by atoms with E-state index in [1.165, 1.54) is 10.6 Å². The number of benzene rings is 1. The Balaban J connectivity index is 1.51. The van der Waals surface area contributed by atoms with Crippen molar-refractivity contribution in [2.45, 2.75) is 57.7 Å². The number of carbonyl (C=O) groups is 1. The molecule has 1 amide bonds. The van der Waals surface area contributed by atoms with Crippen LogP contribution in [0.4, 0.5) is 20.4 Å². The molecule has 11 heteroatoms. The summed E-state index contributed by atoms with van der Waals surface area (Å²) in [6.07, 6.45) is 5.80. The lowest BCUT2D eigenvalue weighted by Crippen LogP contribution is -2.44. The number of rotatable bonds is 6. The zero-order valence-electron chi connectivity index (χ0n) is 21.9. The van der Waals surface area contributed by atoms with E-state index in [4.69, 9.17) is 5.73 Å². The van der Waals surface area contributed by atoms with E-state index in [-0.39, 0.29) is 35.2 Å². The minimum atomic E-state index is -0.992. The maximum Gasteiger partial charge on any atom is 0.254 e. The first-order valence-electron chi connectivity index (χ1n) is 12.9. The maximum atomic E-state index is 15.4. The molecule has 39 heavy (non-hydrogen) atoms. The molecular formula is C28H31F2N7O2. The molecule has 5 N–H and O–H groups in total. The molecule has 0 unspecified atom stereocenters. The van der Waals surface area contributed by atoms with Gasteiger partial charge in [0.15, 0.2) is 0 Å². The van der Waals surface area contributed by atoms with Crippen molar-refractivity contribution in [1.82, 2.24) is 24.9 Å². The number of amides is 1. The van der Waals surface area contributed by atoms with E-state index in [0.29, 0.717) is 23.6 Å². The number of fused-ring (bicyclic) bond motifs is 1. The van der Waals surface area contributed by atoms with E-state index in [9.17, 15) is 14.3 Å². The number of aliphatic hydroxyl groups excluding tert-OH is 1. The monoisotopic (exact) mass is 535 g/mol. The van der Waals surface area contributed by atoms with Crippen LogP contribution in [0.25, 0.3) is 16.8 Å². The highest BCUT2D eigenvalue weighted by atomic mass is 19.1. The van der Waals surface area contributed by atoms with Crippen LogP contribution < -0.4 is 16.4 Å². The van der Waals surface area contributed by atoms with Crippen molar-refractivity contribution in [2.75, 3.05) is 5.32 Å². The zero-order valence-corrected chi connectivity index (χ0v) is 21.9. The molecule has 4 atom stereocenters.